The molecule has 3 nitrogen and oxygen atoms in total. The molecule has 0 spiro atoms. The number of hydrogen-bond acceptors (Lipinski definition) is 4. The second kappa shape index (κ2) is 4.69. The highest BCUT2D eigenvalue weighted by Gasteiger charge is 2.04. The number of nitrogens with zero attached hydrogens (tertiary/aromatic N) is 1. The van der Waals surface area contributed by atoms with Crippen LogP contribution < -0.4 is 5.32 Å². The summed E-state index contributed by atoms with van der Waals surface area (Å²) >= 11 is 1.71. The van der Waals surface area contributed by atoms with Gasteiger partial charge in [-0.2, -0.15) is 0 Å². The Morgan fingerprint density at radius 1 is 1.54 bits per heavy atom. The van der Waals surface area contributed by atoms with E-state index in [0.717, 1.165) is 17.2 Å². The fourth-order valence-corrected chi connectivity index (χ4v) is 2.04. The minimum atomic E-state index is -0.283. The molecule has 0 saturated heterocycles. The molecule has 0 radical (unpaired) electrons. The van der Waals surface area contributed by atoms with Gasteiger partial charge in [0.1, 0.15) is 0 Å². The van der Waals surface area contributed by atoms with Crippen LogP contribution in [0.2, 0.25) is 0 Å². The van der Waals surface area contributed by atoms with Gasteiger partial charge < -0.3 is 10.4 Å². The van der Waals surface area contributed by atoms with Crippen LogP contribution in [0.5, 0.6) is 0 Å². The average molecular weight is 200 g/mol. The van der Waals surface area contributed by atoms with Crippen molar-refractivity contribution >= 4 is 11.3 Å². The first-order valence-corrected chi connectivity index (χ1v) is 5.23. The Bertz CT molecular complexity index is 271. The van der Waals surface area contributed by atoms with Crippen LogP contribution in [0.15, 0.2) is 0 Å². The zero-order chi connectivity index (χ0) is 9.84. The van der Waals surface area contributed by atoms with E-state index in [0.29, 0.717) is 6.54 Å². The number of thiazole rings is 1. The van der Waals surface area contributed by atoms with E-state index >= 15 is 0 Å². The van der Waals surface area contributed by atoms with Crippen molar-refractivity contribution in [3.05, 3.63) is 15.6 Å². The smallest absolute Gasteiger partial charge is 0.0900 e. The second-order valence-corrected chi connectivity index (χ2v) is 4.51. The van der Waals surface area contributed by atoms with Crippen molar-refractivity contribution in [1.29, 1.82) is 0 Å². The third-order valence-corrected chi connectivity index (χ3v) is 2.80. The number of nitrogens with one attached hydrogen (secondary N) is 1. The fourth-order valence-electron chi connectivity index (χ4n) is 1.13. The van der Waals surface area contributed by atoms with Gasteiger partial charge in [-0.15, -0.1) is 11.3 Å². The fraction of sp³-hybridized carbons (Fsp3) is 0.667. The highest BCUT2D eigenvalue weighted by atomic mass is 32.1. The number of rotatable bonds is 4. The van der Waals surface area contributed by atoms with Crippen molar-refractivity contribution in [2.24, 2.45) is 0 Å². The zero-order valence-corrected chi connectivity index (χ0v) is 9.11. The molecule has 1 aromatic heterocycles. The van der Waals surface area contributed by atoms with Crippen LogP contribution in [-0.2, 0) is 6.54 Å². The molecule has 0 aliphatic rings. The first-order valence-electron chi connectivity index (χ1n) is 4.41. The summed E-state index contributed by atoms with van der Waals surface area (Å²) < 4.78 is 0. The maximum atomic E-state index is 9.03. The lowest BCUT2D eigenvalue weighted by molar-refractivity contribution is 0.191. The average Bonchev–Trinajstić information content (AvgIpc) is 2.29. The van der Waals surface area contributed by atoms with Crippen molar-refractivity contribution in [3.63, 3.8) is 0 Å². The lowest BCUT2D eigenvalue weighted by atomic mass is 10.3. The van der Waals surface area contributed by atoms with Crippen molar-refractivity contribution in [1.82, 2.24) is 10.3 Å². The molecule has 74 valence electrons. The molecular formula is C9H16N2OS. The van der Waals surface area contributed by atoms with Crippen LogP contribution in [-0.4, -0.2) is 22.7 Å². The lowest BCUT2D eigenvalue weighted by Gasteiger charge is -2.05. The maximum absolute atomic E-state index is 9.03. The third kappa shape index (κ3) is 3.42. The molecule has 0 amide bonds. The largest absolute Gasteiger partial charge is 0.392 e. The van der Waals surface area contributed by atoms with E-state index in [1.807, 2.05) is 13.8 Å². The molecule has 1 aromatic rings. The van der Waals surface area contributed by atoms with Crippen molar-refractivity contribution in [3.8, 4) is 0 Å². The topological polar surface area (TPSA) is 45.2 Å². The molecule has 1 atom stereocenters. The van der Waals surface area contributed by atoms with Crippen LogP contribution in [0.25, 0.3) is 0 Å². The van der Waals surface area contributed by atoms with Gasteiger partial charge in [0.15, 0.2) is 0 Å². The minimum absolute atomic E-state index is 0.283. The molecule has 1 heterocycles. The Morgan fingerprint density at radius 2 is 2.23 bits per heavy atom. The van der Waals surface area contributed by atoms with Gasteiger partial charge in [0.25, 0.3) is 0 Å². The highest BCUT2D eigenvalue weighted by Crippen LogP contribution is 2.16. The maximum Gasteiger partial charge on any atom is 0.0900 e. The summed E-state index contributed by atoms with van der Waals surface area (Å²) in [5.41, 5.74) is 1.10. The molecule has 0 aliphatic carbocycles. The van der Waals surface area contributed by atoms with Crippen molar-refractivity contribution < 1.29 is 5.11 Å². The Balaban J connectivity index is 2.40. The standard InChI is InChI=1S/C9H16N2OS/c1-6(12)4-10-5-9-7(2)11-8(3)13-9/h6,10,12H,4-5H2,1-3H3. The SMILES string of the molecule is Cc1nc(C)c(CNCC(C)O)s1. The van der Waals surface area contributed by atoms with Gasteiger partial charge >= 0.3 is 0 Å². The van der Waals surface area contributed by atoms with Gasteiger partial charge in [-0.25, -0.2) is 4.98 Å². The van der Waals surface area contributed by atoms with Crippen LogP contribution >= 0.6 is 11.3 Å². The molecule has 1 rings (SSSR count). The van der Waals surface area contributed by atoms with Crippen molar-refractivity contribution in [2.75, 3.05) is 6.54 Å². The summed E-state index contributed by atoms with van der Waals surface area (Å²) in [7, 11) is 0. The van der Waals surface area contributed by atoms with Gasteiger partial charge in [-0.05, 0) is 20.8 Å². The monoisotopic (exact) mass is 200 g/mol. The number of aryl methyl sites for hydroxylation is 2. The molecule has 0 bridgehead atoms. The Hall–Kier alpha value is -0.450. The lowest BCUT2D eigenvalue weighted by Crippen LogP contribution is -2.23. The summed E-state index contributed by atoms with van der Waals surface area (Å²) in [6, 6.07) is 0. The van der Waals surface area contributed by atoms with E-state index in [4.69, 9.17) is 5.11 Å². The van der Waals surface area contributed by atoms with Gasteiger partial charge in [0, 0.05) is 18.0 Å². The van der Waals surface area contributed by atoms with E-state index in [2.05, 4.69) is 10.3 Å². The molecule has 0 aliphatic heterocycles. The van der Waals surface area contributed by atoms with E-state index in [1.54, 1.807) is 18.3 Å². The van der Waals surface area contributed by atoms with Crippen LogP contribution in [0.4, 0.5) is 0 Å². The summed E-state index contributed by atoms with van der Waals surface area (Å²) in [6.07, 6.45) is -0.283. The quantitative estimate of drug-likeness (QED) is 0.768. The number of aliphatic hydroxyl groups is 1. The van der Waals surface area contributed by atoms with Crippen LogP contribution in [0.3, 0.4) is 0 Å². The van der Waals surface area contributed by atoms with Gasteiger partial charge in [0.05, 0.1) is 16.8 Å². The second-order valence-electron chi connectivity index (χ2n) is 3.22. The Labute approximate surface area is 82.8 Å². The normalized spacial score (nSPS) is 13.2. The summed E-state index contributed by atoms with van der Waals surface area (Å²) in [6.45, 7) is 7.25. The first-order chi connectivity index (χ1) is 6.09. The summed E-state index contributed by atoms with van der Waals surface area (Å²) in [5, 5.41) is 13.3. The summed E-state index contributed by atoms with van der Waals surface area (Å²) in [5.74, 6) is 0. The van der Waals surface area contributed by atoms with Gasteiger partial charge in [-0.3, -0.25) is 0 Å². The Kier molecular flexibility index (Phi) is 3.84. The van der Waals surface area contributed by atoms with Gasteiger partial charge in [0.2, 0.25) is 0 Å². The molecule has 4 heteroatoms. The summed E-state index contributed by atoms with van der Waals surface area (Å²) in [4.78, 5) is 5.59. The Morgan fingerprint density at radius 3 is 2.69 bits per heavy atom. The molecule has 1 unspecified atom stereocenters. The van der Waals surface area contributed by atoms with Crippen LogP contribution in [0.1, 0.15) is 22.5 Å². The molecule has 2 N–H and O–H groups in total. The minimum Gasteiger partial charge on any atom is -0.392 e. The first kappa shape index (κ1) is 10.6. The highest BCUT2D eigenvalue weighted by molar-refractivity contribution is 7.11. The molecule has 0 saturated carbocycles. The van der Waals surface area contributed by atoms with E-state index in [1.165, 1.54) is 4.88 Å². The molecule has 0 aromatic carbocycles. The number of hydrogen-bond donors (Lipinski definition) is 2. The van der Waals surface area contributed by atoms with Crippen molar-refractivity contribution in [2.45, 2.75) is 33.4 Å². The number of aromatic nitrogens is 1. The zero-order valence-electron chi connectivity index (χ0n) is 8.29. The molecular weight excluding hydrogens is 184 g/mol. The predicted octanol–water partition coefficient (Wildman–Crippen LogP) is 1.23. The number of aliphatic hydroxyl groups excluding tert-OH is 1. The van der Waals surface area contributed by atoms with E-state index in [9.17, 15) is 0 Å². The third-order valence-electron chi connectivity index (χ3n) is 1.72. The van der Waals surface area contributed by atoms with E-state index < -0.39 is 0 Å². The predicted molar refractivity (Wildman–Crippen MR) is 55.0 cm³/mol. The van der Waals surface area contributed by atoms with E-state index in [-0.39, 0.29) is 6.10 Å². The van der Waals surface area contributed by atoms with Gasteiger partial charge in [-0.1, -0.05) is 0 Å². The van der Waals surface area contributed by atoms with Crippen LogP contribution in [0, 0.1) is 13.8 Å². The molecule has 13 heavy (non-hydrogen) atoms. The molecule has 0 fully saturated rings.